The van der Waals surface area contributed by atoms with E-state index in [9.17, 15) is 9.59 Å². The highest BCUT2D eigenvalue weighted by Crippen LogP contribution is 2.22. The summed E-state index contributed by atoms with van der Waals surface area (Å²) in [6.45, 7) is 2.89. The topological polar surface area (TPSA) is 132 Å². The molecule has 1 aliphatic heterocycles. The molecule has 0 saturated carbocycles. The van der Waals surface area contributed by atoms with Gasteiger partial charge in [-0.15, -0.1) is 0 Å². The molecule has 25 heavy (non-hydrogen) atoms. The van der Waals surface area contributed by atoms with Crippen molar-refractivity contribution in [3.8, 4) is 5.82 Å². The minimum Gasteiger partial charge on any atom is -0.368 e. The summed E-state index contributed by atoms with van der Waals surface area (Å²) in [4.78, 5) is 37.9. The minimum atomic E-state index is -0.680. The summed E-state index contributed by atoms with van der Waals surface area (Å²) in [7, 11) is 0. The van der Waals surface area contributed by atoms with Crippen molar-refractivity contribution in [3.63, 3.8) is 0 Å². The molecule has 2 unspecified atom stereocenters. The average Bonchev–Trinajstić information content (AvgIpc) is 3.16. The number of primary amides is 1. The fourth-order valence-corrected chi connectivity index (χ4v) is 2.76. The predicted molar refractivity (Wildman–Crippen MR) is 88.7 cm³/mol. The minimum absolute atomic E-state index is 0.165. The molecule has 2 amide bonds. The fraction of sp³-hybridized carbons (Fsp3) is 0.467. The third kappa shape index (κ3) is 3.90. The Balaban J connectivity index is 1.70. The molecule has 2 aromatic heterocycles. The number of amides is 2. The van der Waals surface area contributed by atoms with E-state index < -0.39 is 11.9 Å². The molecule has 132 valence electrons. The van der Waals surface area contributed by atoms with Gasteiger partial charge in [-0.1, -0.05) is 0 Å². The van der Waals surface area contributed by atoms with Crippen LogP contribution >= 0.6 is 0 Å². The molecule has 1 fully saturated rings. The van der Waals surface area contributed by atoms with Gasteiger partial charge >= 0.3 is 0 Å². The first kappa shape index (κ1) is 16.8. The predicted octanol–water partition coefficient (Wildman–Crippen LogP) is -0.736. The second-order valence-electron chi connectivity index (χ2n) is 5.99. The third-order valence-corrected chi connectivity index (χ3v) is 4.19. The van der Waals surface area contributed by atoms with Gasteiger partial charge in [0, 0.05) is 19.2 Å². The van der Waals surface area contributed by atoms with Gasteiger partial charge in [-0.05, 0) is 19.8 Å². The smallest absolute Gasteiger partial charge is 0.239 e. The highest BCUT2D eigenvalue weighted by molar-refractivity contribution is 5.87. The van der Waals surface area contributed by atoms with E-state index in [1.807, 2.05) is 4.90 Å². The second kappa shape index (κ2) is 7.24. The number of nitrogens with two attached hydrogens (primary N) is 1. The zero-order valence-electron chi connectivity index (χ0n) is 13.9. The fourth-order valence-electron chi connectivity index (χ4n) is 2.76. The summed E-state index contributed by atoms with van der Waals surface area (Å²) in [5, 5.41) is 6.71. The van der Waals surface area contributed by atoms with E-state index in [-0.39, 0.29) is 11.8 Å². The molecule has 0 aromatic carbocycles. The van der Waals surface area contributed by atoms with Gasteiger partial charge in [-0.25, -0.2) is 19.6 Å². The van der Waals surface area contributed by atoms with Crippen LogP contribution in [-0.2, 0) is 9.59 Å². The van der Waals surface area contributed by atoms with Crippen molar-refractivity contribution in [3.05, 3.63) is 25.0 Å². The lowest BCUT2D eigenvalue weighted by Gasteiger charge is -2.33. The first-order valence-electron chi connectivity index (χ1n) is 8.06. The first-order chi connectivity index (χ1) is 12.0. The average molecular weight is 344 g/mol. The zero-order valence-corrected chi connectivity index (χ0v) is 13.9. The number of carbonyl (C=O) groups excluding carboxylic acids is 2. The molecule has 10 heteroatoms. The van der Waals surface area contributed by atoms with Crippen molar-refractivity contribution in [1.82, 2.24) is 30.0 Å². The van der Waals surface area contributed by atoms with Gasteiger partial charge in [0.25, 0.3) is 0 Å². The largest absolute Gasteiger partial charge is 0.368 e. The maximum Gasteiger partial charge on any atom is 0.239 e. The number of carbonyl (C=O) groups is 2. The van der Waals surface area contributed by atoms with Crippen LogP contribution in [0.15, 0.2) is 25.0 Å². The normalized spacial score (nSPS) is 18.6. The number of rotatable bonds is 5. The Kier molecular flexibility index (Phi) is 4.87. The molecule has 1 saturated heterocycles. The Morgan fingerprint density at radius 3 is 2.84 bits per heavy atom. The van der Waals surface area contributed by atoms with Crippen LogP contribution in [0.2, 0.25) is 0 Å². The van der Waals surface area contributed by atoms with E-state index in [0.717, 1.165) is 25.2 Å². The quantitative estimate of drug-likeness (QED) is 0.730. The molecule has 3 rings (SSSR count). The van der Waals surface area contributed by atoms with E-state index >= 15 is 0 Å². The molecule has 1 aliphatic rings. The molecular weight excluding hydrogens is 324 g/mol. The van der Waals surface area contributed by atoms with E-state index in [4.69, 9.17) is 5.73 Å². The molecule has 2 aromatic rings. The lowest BCUT2D eigenvalue weighted by atomic mass is 9.96. The molecule has 3 N–H and O–H groups in total. The van der Waals surface area contributed by atoms with Gasteiger partial charge in [-0.2, -0.15) is 5.10 Å². The summed E-state index contributed by atoms with van der Waals surface area (Å²) in [6, 6.07) is 1.13. The lowest BCUT2D eigenvalue weighted by Crippen LogP contribution is -2.49. The summed E-state index contributed by atoms with van der Waals surface area (Å²) in [5.41, 5.74) is 5.20. The SMILES string of the molecule is CC(NC(=O)C1CCCN(c2cc(-n3cncn3)ncn2)C1)C(N)=O. The van der Waals surface area contributed by atoms with Crippen molar-refractivity contribution in [2.24, 2.45) is 11.7 Å². The Labute approximate surface area is 144 Å². The maximum atomic E-state index is 12.3. The van der Waals surface area contributed by atoms with Crippen LogP contribution in [0, 0.1) is 5.92 Å². The molecular formula is C15H20N8O2. The number of nitrogens with zero attached hydrogens (tertiary/aromatic N) is 6. The van der Waals surface area contributed by atoms with Crippen molar-refractivity contribution in [1.29, 1.82) is 0 Å². The van der Waals surface area contributed by atoms with E-state index in [0.29, 0.717) is 12.4 Å². The number of hydrogen-bond donors (Lipinski definition) is 2. The van der Waals surface area contributed by atoms with E-state index in [1.54, 1.807) is 24.0 Å². The van der Waals surface area contributed by atoms with Gasteiger partial charge in [0.15, 0.2) is 5.82 Å². The molecule has 0 bridgehead atoms. The number of nitrogens with one attached hydrogen (secondary N) is 1. The van der Waals surface area contributed by atoms with Crippen LogP contribution in [0.1, 0.15) is 19.8 Å². The van der Waals surface area contributed by atoms with Crippen molar-refractivity contribution >= 4 is 17.6 Å². The summed E-state index contributed by atoms with van der Waals surface area (Å²) in [5.74, 6) is 0.397. The van der Waals surface area contributed by atoms with Crippen molar-refractivity contribution in [2.75, 3.05) is 18.0 Å². The molecule has 3 heterocycles. The van der Waals surface area contributed by atoms with Crippen molar-refractivity contribution < 1.29 is 9.59 Å². The van der Waals surface area contributed by atoms with Gasteiger partial charge in [0.1, 0.15) is 30.8 Å². The van der Waals surface area contributed by atoms with Crippen molar-refractivity contribution in [2.45, 2.75) is 25.8 Å². The summed E-state index contributed by atoms with van der Waals surface area (Å²) >= 11 is 0. The Morgan fingerprint density at radius 2 is 2.12 bits per heavy atom. The maximum absolute atomic E-state index is 12.3. The summed E-state index contributed by atoms with van der Waals surface area (Å²) < 4.78 is 1.55. The Bertz CT molecular complexity index is 748. The monoisotopic (exact) mass is 344 g/mol. The lowest BCUT2D eigenvalue weighted by molar-refractivity contribution is -0.129. The van der Waals surface area contributed by atoms with E-state index in [1.165, 1.54) is 12.7 Å². The van der Waals surface area contributed by atoms with Crippen LogP contribution in [0.25, 0.3) is 5.82 Å². The van der Waals surface area contributed by atoms with Crippen LogP contribution in [0.4, 0.5) is 5.82 Å². The highest BCUT2D eigenvalue weighted by atomic mass is 16.2. The summed E-state index contributed by atoms with van der Waals surface area (Å²) in [6.07, 6.45) is 6.07. The van der Waals surface area contributed by atoms with Crippen LogP contribution in [0.5, 0.6) is 0 Å². The van der Waals surface area contributed by atoms with Gasteiger partial charge in [0.2, 0.25) is 11.8 Å². The Morgan fingerprint density at radius 1 is 1.32 bits per heavy atom. The van der Waals surface area contributed by atoms with Gasteiger partial charge in [0.05, 0.1) is 5.92 Å². The third-order valence-electron chi connectivity index (χ3n) is 4.19. The van der Waals surface area contributed by atoms with Crippen LogP contribution in [-0.4, -0.2) is 55.7 Å². The van der Waals surface area contributed by atoms with Crippen LogP contribution < -0.4 is 16.0 Å². The van der Waals surface area contributed by atoms with Crippen LogP contribution in [0.3, 0.4) is 0 Å². The zero-order chi connectivity index (χ0) is 17.8. The number of aromatic nitrogens is 5. The van der Waals surface area contributed by atoms with E-state index in [2.05, 4.69) is 25.4 Å². The van der Waals surface area contributed by atoms with Gasteiger partial charge in [-0.3, -0.25) is 9.59 Å². The number of piperidine rings is 1. The first-order valence-corrected chi connectivity index (χ1v) is 8.06. The molecule has 0 aliphatic carbocycles. The standard InChI is InChI=1S/C15H20N8O2/c1-10(14(16)24)21-15(25)11-3-2-4-22(6-11)12-5-13(19-8-18-12)23-9-17-7-20-23/h5,7-11H,2-4,6H2,1H3,(H2,16,24)(H,21,25). The molecule has 0 radical (unpaired) electrons. The molecule has 10 nitrogen and oxygen atoms in total. The number of anilines is 1. The number of hydrogen-bond acceptors (Lipinski definition) is 7. The molecule has 2 atom stereocenters. The van der Waals surface area contributed by atoms with Gasteiger partial charge < -0.3 is 16.0 Å². The Hall–Kier alpha value is -3.04. The second-order valence-corrected chi connectivity index (χ2v) is 5.99. The molecule has 0 spiro atoms. The highest BCUT2D eigenvalue weighted by Gasteiger charge is 2.28.